The highest BCUT2D eigenvalue weighted by Crippen LogP contribution is 2.33. The van der Waals surface area contributed by atoms with E-state index in [1.165, 1.54) is 11.8 Å². The van der Waals surface area contributed by atoms with Gasteiger partial charge in [0, 0.05) is 4.90 Å². The van der Waals surface area contributed by atoms with Crippen molar-refractivity contribution in [2.24, 2.45) is 0 Å². The maximum Gasteiger partial charge on any atom is 0.224 e. The van der Waals surface area contributed by atoms with E-state index in [4.69, 9.17) is 27.9 Å². The first kappa shape index (κ1) is 15.1. The van der Waals surface area contributed by atoms with Crippen molar-refractivity contribution in [3.63, 3.8) is 0 Å². The number of benzene rings is 1. The second kappa shape index (κ2) is 6.92. The van der Waals surface area contributed by atoms with Gasteiger partial charge in [-0.2, -0.15) is 0 Å². The molecule has 20 heavy (non-hydrogen) atoms. The van der Waals surface area contributed by atoms with E-state index in [1.807, 2.05) is 31.2 Å². The van der Waals surface area contributed by atoms with Gasteiger partial charge in [-0.3, -0.25) is 4.79 Å². The number of halogens is 2. The number of hydrogen-bond acceptors (Lipinski definition) is 5. The van der Waals surface area contributed by atoms with Crippen LogP contribution in [0.4, 0.5) is 0 Å². The third kappa shape index (κ3) is 3.62. The molecule has 0 aliphatic rings. The molecule has 2 aromatic rings. The Morgan fingerprint density at radius 2 is 2.15 bits per heavy atom. The Labute approximate surface area is 130 Å². The molecule has 1 aromatic heterocycles. The Balaban J connectivity index is 2.34. The maximum atomic E-state index is 11.1. The van der Waals surface area contributed by atoms with Crippen LogP contribution in [0.2, 0.25) is 10.4 Å². The molecule has 0 N–H and O–H groups in total. The highest BCUT2D eigenvalue weighted by molar-refractivity contribution is 7.99. The molecule has 0 aliphatic heterocycles. The summed E-state index contributed by atoms with van der Waals surface area (Å²) < 4.78 is 5.42. The molecule has 0 atom stereocenters. The van der Waals surface area contributed by atoms with Gasteiger partial charge in [0.15, 0.2) is 6.29 Å². The molecule has 0 bridgehead atoms. The molecule has 0 saturated heterocycles. The maximum absolute atomic E-state index is 11.1. The zero-order valence-corrected chi connectivity index (χ0v) is 12.8. The van der Waals surface area contributed by atoms with Crippen LogP contribution in [-0.2, 0) is 0 Å². The molecule has 0 unspecified atom stereocenters. The monoisotopic (exact) mass is 328 g/mol. The van der Waals surface area contributed by atoms with Gasteiger partial charge in [0.05, 0.1) is 12.2 Å². The van der Waals surface area contributed by atoms with Gasteiger partial charge in [-0.05, 0) is 36.7 Å². The molecule has 1 aromatic carbocycles. The summed E-state index contributed by atoms with van der Waals surface area (Å²) in [6, 6.07) is 7.45. The largest absolute Gasteiger partial charge is 0.494 e. The fraction of sp³-hybridized carbons (Fsp3) is 0.154. The number of carbonyl (C=O) groups is 1. The van der Waals surface area contributed by atoms with Gasteiger partial charge in [-0.15, -0.1) is 0 Å². The van der Waals surface area contributed by atoms with E-state index in [1.54, 1.807) is 0 Å². The minimum absolute atomic E-state index is 0.00376. The van der Waals surface area contributed by atoms with E-state index >= 15 is 0 Å². The van der Waals surface area contributed by atoms with Crippen molar-refractivity contribution >= 4 is 41.2 Å². The Bertz CT molecular complexity index is 638. The lowest BCUT2D eigenvalue weighted by atomic mass is 10.3. The standard InChI is InChI=1S/C13H10Cl2N2O2S/c1-2-19-8-4-3-5-9(6-8)20-12-10(7-18)11(14)16-13(15)17-12/h3-7H,2H2,1H3. The molecule has 0 radical (unpaired) electrons. The number of rotatable bonds is 5. The summed E-state index contributed by atoms with van der Waals surface area (Å²) in [7, 11) is 0. The van der Waals surface area contributed by atoms with Gasteiger partial charge in [-0.1, -0.05) is 29.4 Å². The van der Waals surface area contributed by atoms with Crippen molar-refractivity contribution in [3.05, 3.63) is 40.3 Å². The van der Waals surface area contributed by atoms with Crippen LogP contribution in [0.3, 0.4) is 0 Å². The summed E-state index contributed by atoms with van der Waals surface area (Å²) in [4.78, 5) is 19.7. The zero-order valence-electron chi connectivity index (χ0n) is 10.5. The second-order valence-electron chi connectivity index (χ2n) is 3.63. The van der Waals surface area contributed by atoms with Gasteiger partial charge in [-0.25, -0.2) is 9.97 Å². The molecule has 4 nitrogen and oxygen atoms in total. The van der Waals surface area contributed by atoms with Crippen LogP contribution in [0, 0.1) is 0 Å². The van der Waals surface area contributed by atoms with E-state index in [2.05, 4.69) is 9.97 Å². The highest BCUT2D eigenvalue weighted by Gasteiger charge is 2.13. The summed E-state index contributed by atoms with van der Waals surface area (Å²) in [6.45, 7) is 2.49. The van der Waals surface area contributed by atoms with Gasteiger partial charge in [0.2, 0.25) is 5.28 Å². The van der Waals surface area contributed by atoms with Crippen molar-refractivity contribution in [1.82, 2.24) is 9.97 Å². The first-order valence-electron chi connectivity index (χ1n) is 5.73. The average Bonchev–Trinajstić information content (AvgIpc) is 2.39. The van der Waals surface area contributed by atoms with Gasteiger partial charge >= 0.3 is 0 Å². The molecule has 7 heteroatoms. The van der Waals surface area contributed by atoms with Crippen LogP contribution in [-0.4, -0.2) is 22.9 Å². The minimum atomic E-state index is 0.00376. The molecule has 1 heterocycles. The van der Waals surface area contributed by atoms with E-state index in [9.17, 15) is 4.79 Å². The number of nitrogens with zero attached hydrogens (tertiary/aromatic N) is 2. The van der Waals surface area contributed by atoms with Gasteiger partial charge in [0.25, 0.3) is 0 Å². The quantitative estimate of drug-likeness (QED) is 0.469. The van der Waals surface area contributed by atoms with Crippen LogP contribution in [0.5, 0.6) is 5.75 Å². The summed E-state index contributed by atoms with van der Waals surface area (Å²) in [5.41, 5.74) is 0.225. The van der Waals surface area contributed by atoms with Crippen LogP contribution < -0.4 is 4.74 Å². The highest BCUT2D eigenvalue weighted by atomic mass is 35.5. The SMILES string of the molecule is CCOc1cccc(Sc2nc(Cl)nc(Cl)c2C=O)c1. The first-order valence-corrected chi connectivity index (χ1v) is 7.30. The van der Waals surface area contributed by atoms with Crippen molar-refractivity contribution in [2.75, 3.05) is 6.61 Å². The normalized spacial score (nSPS) is 10.3. The molecular formula is C13H10Cl2N2O2S. The number of hydrogen-bond donors (Lipinski definition) is 0. The van der Waals surface area contributed by atoms with Crippen molar-refractivity contribution in [2.45, 2.75) is 16.8 Å². The minimum Gasteiger partial charge on any atom is -0.494 e. The Morgan fingerprint density at radius 1 is 1.35 bits per heavy atom. The van der Waals surface area contributed by atoms with Crippen molar-refractivity contribution in [1.29, 1.82) is 0 Å². The molecule has 0 fully saturated rings. The van der Waals surface area contributed by atoms with Gasteiger partial charge in [0.1, 0.15) is 15.9 Å². The lowest BCUT2D eigenvalue weighted by molar-refractivity contribution is 0.112. The summed E-state index contributed by atoms with van der Waals surface area (Å²) in [5, 5.41) is 0.464. The topological polar surface area (TPSA) is 52.1 Å². The molecule has 0 aliphatic carbocycles. The van der Waals surface area contributed by atoms with E-state index in [-0.39, 0.29) is 16.0 Å². The van der Waals surface area contributed by atoms with Gasteiger partial charge < -0.3 is 4.74 Å². The smallest absolute Gasteiger partial charge is 0.224 e. The summed E-state index contributed by atoms with van der Waals surface area (Å²) >= 11 is 12.9. The second-order valence-corrected chi connectivity index (χ2v) is 5.39. The predicted octanol–water partition coefficient (Wildman–Crippen LogP) is 4.15. The van der Waals surface area contributed by atoms with E-state index < -0.39 is 0 Å². The van der Waals surface area contributed by atoms with Crippen LogP contribution in [0.15, 0.2) is 34.2 Å². The molecule has 2 rings (SSSR count). The predicted molar refractivity (Wildman–Crippen MR) is 79.2 cm³/mol. The Kier molecular flexibility index (Phi) is 5.23. The third-order valence-electron chi connectivity index (χ3n) is 2.29. The first-order chi connectivity index (χ1) is 9.63. The van der Waals surface area contributed by atoms with Crippen LogP contribution >= 0.6 is 35.0 Å². The summed E-state index contributed by atoms with van der Waals surface area (Å²) in [5.74, 6) is 0.747. The lowest BCUT2D eigenvalue weighted by Gasteiger charge is -2.07. The Hall–Kier alpha value is -1.30. The molecule has 0 amide bonds. The lowest BCUT2D eigenvalue weighted by Crippen LogP contribution is -1.96. The van der Waals surface area contributed by atoms with E-state index in [0.29, 0.717) is 17.9 Å². The number of carbonyl (C=O) groups excluding carboxylic acids is 1. The Morgan fingerprint density at radius 3 is 2.85 bits per heavy atom. The molecular weight excluding hydrogens is 319 g/mol. The number of aromatic nitrogens is 2. The van der Waals surface area contributed by atoms with Crippen LogP contribution in [0.1, 0.15) is 17.3 Å². The molecule has 0 spiro atoms. The molecule has 104 valence electrons. The zero-order chi connectivity index (χ0) is 14.5. The third-order valence-corrected chi connectivity index (χ3v) is 3.74. The molecule has 0 saturated carbocycles. The van der Waals surface area contributed by atoms with E-state index in [0.717, 1.165) is 10.6 Å². The fourth-order valence-electron chi connectivity index (χ4n) is 1.48. The number of aldehydes is 1. The fourth-order valence-corrected chi connectivity index (χ4v) is 2.95. The van der Waals surface area contributed by atoms with Crippen LogP contribution in [0.25, 0.3) is 0 Å². The van der Waals surface area contributed by atoms with Crippen molar-refractivity contribution in [3.8, 4) is 5.75 Å². The average molecular weight is 329 g/mol. The van der Waals surface area contributed by atoms with Crippen molar-refractivity contribution < 1.29 is 9.53 Å². The summed E-state index contributed by atoms with van der Waals surface area (Å²) in [6.07, 6.45) is 0.618. The number of ether oxygens (including phenoxy) is 1.